The van der Waals surface area contributed by atoms with Crippen LogP contribution in [0.4, 0.5) is 15.8 Å². The molecule has 1 heterocycles. The first-order valence-electron chi connectivity index (χ1n) is 6.96. The van der Waals surface area contributed by atoms with Crippen LogP contribution in [0.1, 0.15) is 10.4 Å². The SMILES string of the molecule is Cn1cnc(-c2cccc(NC(=O)c3cc(Cl)cc(F)c3N)c2)n1. The van der Waals surface area contributed by atoms with Crippen LogP contribution in [0.3, 0.4) is 0 Å². The molecule has 1 amide bonds. The summed E-state index contributed by atoms with van der Waals surface area (Å²) in [5, 5.41) is 6.96. The van der Waals surface area contributed by atoms with Gasteiger partial charge in [0.1, 0.15) is 12.1 Å². The normalized spacial score (nSPS) is 10.6. The van der Waals surface area contributed by atoms with Gasteiger partial charge < -0.3 is 11.1 Å². The summed E-state index contributed by atoms with van der Waals surface area (Å²) in [5.41, 5.74) is 6.57. The molecule has 0 aliphatic carbocycles. The third-order valence-corrected chi connectivity index (χ3v) is 3.54. The molecule has 0 aliphatic heterocycles. The van der Waals surface area contributed by atoms with Crippen molar-refractivity contribution in [3.8, 4) is 11.4 Å². The minimum absolute atomic E-state index is 0.0265. The number of carbonyl (C=O) groups excluding carboxylic acids is 1. The first kappa shape index (κ1) is 15.9. The number of carbonyl (C=O) groups is 1. The van der Waals surface area contributed by atoms with Crippen molar-refractivity contribution in [1.82, 2.24) is 14.8 Å². The quantitative estimate of drug-likeness (QED) is 0.714. The Hall–Kier alpha value is -2.93. The lowest BCUT2D eigenvalue weighted by molar-refractivity contribution is 0.102. The highest BCUT2D eigenvalue weighted by molar-refractivity contribution is 6.31. The Balaban J connectivity index is 1.88. The fraction of sp³-hybridized carbons (Fsp3) is 0.0625. The molecular weight excluding hydrogens is 333 g/mol. The van der Waals surface area contributed by atoms with E-state index in [1.54, 1.807) is 36.3 Å². The van der Waals surface area contributed by atoms with Crippen molar-refractivity contribution in [2.45, 2.75) is 0 Å². The molecular formula is C16H13ClFN5O. The largest absolute Gasteiger partial charge is 0.396 e. The highest BCUT2D eigenvalue weighted by Gasteiger charge is 2.15. The molecule has 0 radical (unpaired) electrons. The van der Waals surface area contributed by atoms with Crippen molar-refractivity contribution in [1.29, 1.82) is 0 Å². The smallest absolute Gasteiger partial charge is 0.257 e. The number of halogens is 2. The molecule has 0 fully saturated rings. The van der Waals surface area contributed by atoms with Crippen LogP contribution in [0.2, 0.25) is 5.02 Å². The zero-order valence-corrected chi connectivity index (χ0v) is 13.4. The number of nitrogens with one attached hydrogen (secondary N) is 1. The second-order valence-corrected chi connectivity index (χ2v) is 5.56. The highest BCUT2D eigenvalue weighted by atomic mass is 35.5. The van der Waals surface area contributed by atoms with Gasteiger partial charge >= 0.3 is 0 Å². The number of rotatable bonds is 3. The van der Waals surface area contributed by atoms with Crippen molar-refractivity contribution in [2.24, 2.45) is 7.05 Å². The van der Waals surface area contributed by atoms with Crippen LogP contribution in [0.15, 0.2) is 42.7 Å². The van der Waals surface area contributed by atoms with Gasteiger partial charge in [-0.05, 0) is 24.3 Å². The first-order chi connectivity index (χ1) is 11.4. The van der Waals surface area contributed by atoms with E-state index in [0.29, 0.717) is 11.5 Å². The zero-order valence-electron chi connectivity index (χ0n) is 12.6. The lowest BCUT2D eigenvalue weighted by Gasteiger charge is -2.09. The van der Waals surface area contributed by atoms with Gasteiger partial charge in [0.15, 0.2) is 5.82 Å². The van der Waals surface area contributed by atoms with Gasteiger partial charge in [0.25, 0.3) is 5.91 Å². The van der Waals surface area contributed by atoms with Crippen LogP contribution in [0.25, 0.3) is 11.4 Å². The van der Waals surface area contributed by atoms with Crippen LogP contribution in [0.5, 0.6) is 0 Å². The molecule has 0 bridgehead atoms. The molecule has 24 heavy (non-hydrogen) atoms. The molecule has 0 atom stereocenters. The molecule has 8 heteroatoms. The Kier molecular flexibility index (Phi) is 4.18. The molecule has 0 aliphatic rings. The van der Waals surface area contributed by atoms with Crippen LogP contribution in [0, 0.1) is 5.82 Å². The number of hydrogen-bond acceptors (Lipinski definition) is 4. The van der Waals surface area contributed by atoms with Crippen molar-refractivity contribution in [2.75, 3.05) is 11.1 Å². The van der Waals surface area contributed by atoms with Crippen molar-refractivity contribution < 1.29 is 9.18 Å². The van der Waals surface area contributed by atoms with E-state index in [-0.39, 0.29) is 16.3 Å². The van der Waals surface area contributed by atoms with E-state index in [4.69, 9.17) is 17.3 Å². The summed E-state index contributed by atoms with van der Waals surface area (Å²) < 4.78 is 15.2. The van der Waals surface area contributed by atoms with Gasteiger partial charge in [-0.15, -0.1) is 0 Å². The Bertz CT molecular complexity index is 925. The topological polar surface area (TPSA) is 85.8 Å². The van der Waals surface area contributed by atoms with Gasteiger partial charge in [0.2, 0.25) is 0 Å². The summed E-state index contributed by atoms with van der Waals surface area (Å²) in [5.74, 6) is -0.763. The molecule has 0 saturated heterocycles. The van der Waals surface area contributed by atoms with E-state index in [0.717, 1.165) is 11.6 Å². The third-order valence-electron chi connectivity index (χ3n) is 3.32. The summed E-state index contributed by atoms with van der Waals surface area (Å²) >= 11 is 5.78. The number of nitrogens with zero attached hydrogens (tertiary/aromatic N) is 3. The lowest BCUT2D eigenvalue weighted by atomic mass is 10.1. The number of nitrogen functional groups attached to an aromatic ring is 1. The maximum atomic E-state index is 13.6. The molecule has 0 spiro atoms. The number of amides is 1. The number of hydrogen-bond donors (Lipinski definition) is 2. The molecule has 2 aromatic carbocycles. The van der Waals surface area contributed by atoms with Crippen molar-refractivity contribution in [3.63, 3.8) is 0 Å². The van der Waals surface area contributed by atoms with Gasteiger partial charge in [-0.2, -0.15) is 5.10 Å². The summed E-state index contributed by atoms with van der Waals surface area (Å²) in [6.45, 7) is 0. The van der Waals surface area contributed by atoms with E-state index in [2.05, 4.69) is 15.4 Å². The van der Waals surface area contributed by atoms with E-state index < -0.39 is 11.7 Å². The van der Waals surface area contributed by atoms with E-state index in [9.17, 15) is 9.18 Å². The molecule has 6 nitrogen and oxygen atoms in total. The summed E-state index contributed by atoms with van der Waals surface area (Å²) in [6.07, 6.45) is 1.58. The Labute approximate surface area is 142 Å². The monoisotopic (exact) mass is 345 g/mol. The third kappa shape index (κ3) is 3.21. The fourth-order valence-corrected chi connectivity index (χ4v) is 2.38. The van der Waals surface area contributed by atoms with E-state index in [1.165, 1.54) is 6.07 Å². The molecule has 3 aromatic rings. The van der Waals surface area contributed by atoms with Gasteiger partial charge in [-0.25, -0.2) is 9.37 Å². The number of nitrogens with two attached hydrogens (primary N) is 1. The minimum Gasteiger partial charge on any atom is -0.396 e. The summed E-state index contributed by atoms with van der Waals surface area (Å²) in [6, 6.07) is 9.36. The Morgan fingerprint density at radius 1 is 1.33 bits per heavy atom. The van der Waals surface area contributed by atoms with Crippen LogP contribution >= 0.6 is 11.6 Å². The van der Waals surface area contributed by atoms with Gasteiger partial charge in [-0.3, -0.25) is 9.48 Å². The first-order valence-corrected chi connectivity index (χ1v) is 7.34. The highest BCUT2D eigenvalue weighted by Crippen LogP contribution is 2.24. The average Bonchev–Trinajstić information content (AvgIpc) is 2.97. The van der Waals surface area contributed by atoms with Crippen molar-refractivity contribution in [3.05, 3.63) is 59.1 Å². The zero-order chi connectivity index (χ0) is 17.3. The number of anilines is 2. The predicted octanol–water partition coefficient (Wildman–Crippen LogP) is 3.11. The molecule has 0 unspecified atom stereocenters. The number of benzene rings is 2. The summed E-state index contributed by atoms with van der Waals surface area (Å²) in [7, 11) is 1.76. The number of aryl methyl sites for hydroxylation is 1. The maximum Gasteiger partial charge on any atom is 0.257 e. The minimum atomic E-state index is -0.737. The average molecular weight is 346 g/mol. The second kappa shape index (κ2) is 6.29. The summed E-state index contributed by atoms with van der Waals surface area (Å²) in [4.78, 5) is 16.5. The van der Waals surface area contributed by atoms with Crippen LogP contribution < -0.4 is 11.1 Å². The van der Waals surface area contributed by atoms with Gasteiger partial charge in [0, 0.05) is 23.3 Å². The molecule has 3 N–H and O–H groups in total. The van der Waals surface area contributed by atoms with Gasteiger partial charge in [0.05, 0.1) is 11.3 Å². The van der Waals surface area contributed by atoms with Crippen molar-refractivity contribution >= 4 is 28.9 Å². The molecule has 122 valence electrons. The Morgan fingerprint density at radius 3 is 2.83 bits per heavy atom. The van der Waals surface area contributed by atoms with E-state index in [1.807, 2.05) is 6.07 Å². The molecule has 1 aromatic heterocycles. The standard InChI is InChI=1S/C16H13ClFN5O/c1-23-8-20-15(22-23)9-3-2-4-11(5-9)21-16(24)12-6-10(17)7-13(18)14(12)19/h2-8H,19H2,1H3,(H,21,24). The maximum absolute atomic E-state index is 13.6. The Morgan fingerprint density at radius 2 is 2.12 bits per heavy atom. The van der Waals surface area contributed by atoms with Crippen LogP contribution in [-0.4, -0.2) is 20.7 Å². The molecule has 0 saturated carbocycles. The van der Waals surface area contributed by atoms with E-state index >= 15 is 0 Å². The predicted molar refractivity (Wildman–Crippen MR) is 90.2 cm³/mol. The number of aromatic nitrogens is 3. The molecule has 3 rings (SSSR count). The fourth-order valence-electron chi connectivity index (χ4n) is 2.18. The lowest BCUT2D eigenvalue weighted by Crippen LogP contribution is -2.15. The second-order valence-electron chi connectivity index (χ2n) is 5.13. The van der Waals surface area contributed by atoms with Gasteiger partial charge in [-0.1, -0.05) is 23.7 Å². The van der Waals surface area contributed by atoms with Crippen LogP contribution in [-0.2, 0) is 7.05 Å².